The summed E-state index contributed by atoms with van der Waals surface area (Å²) in [5.74, 6) is 1.12. The second kappa shape index (κ2) is 11.9. The molecule has 0 aliphatic rings. The average molecular weight is 473 g/mol. The monoisotopic (exact) mass is 472 g/mol. The number of oxazole rings is 1. The fourth-order valence-electron chi connectivity index (χ4n) is 3.20. The van der Waals surface area contributed by atoms with Gasteiger partial charge in [-0.2, -0.15) is 11.8 Å². The SMILES string of the molecule is O=C(NC(CSCc1ccccc1)C(=O)OCc1cnc(-c2ccccc2)o1)c1ccccc1. The Morgan fingerprint density at radius 3 is 2.26 bits per heavy atom. The van der Waals surface area contributed by atoms with Crippen LogP contribution in [0.5, 0.6) is 0 Å². The maximum Gasteiger partial charge on any atom is 0.329 e. The van der Waals surface area contributed by atoms with Crippen molar-refractivity contribution in [1.29, 1.82) is 0 Å². The molecule has 4 rings (SSSR count). The molecule has 6 nitrogen and oxygen atoms in total. The lowest BCUT2D eigenvalue weighted by Gasteiger charge is -2.17. The number of rotatable bonds is 10. The molecule has 0 spiro atoms. The van der Waals surface area contributed by atoms with Crippen LogP contribution in [0.1, 0.15) is 21.7 Å². The number of aromatic nitrogens is 1. The second-order valence-electron chi connectivity index (χ2n) is 7.50. The van der Waals surface area contributed by atoms with E-state index in [1.807, 2.05) is 66.7 Å². The lowest BCUT2D eigenvalue weighted by atomic mass is 10.2. The van der Waals surface area contributed by atoms with E-state index in [9.17, 15) is 9.59 Å². The summed E-state index contributed by atoms with van der Waals surface area (Å²) in [6, 6.07) is 27.4. The Kier molecular flexibility index (Phi) is 8.13. The summed E-state index contributed by atoms with van der Waals surface area (Å²) in [5.41, 5.74) is 2.46. The zero-order valence-corrected chi connectivity index (χ0v) is 19.2. The Balaban J connectivity index is 1.38. The van der Waals surface area contributed by atoms with Gasteiger partial charge in [0.05, 0.1) is 6.20 Å². The van der Waals surface area contributed by atoms with Crippen molar-refractivity contribution in [3.05, 3.63) is 114 Å². The smallest absolute Gasteiger partial charge is 0.329 e. The van der Waals surface area contributed by atoms with Gasteiger partial charge in [-0.15, -0.1) is 0 Å². The molecule has 1 amide bonds. The number of nitrogens with zero attached hydrogens (tertiary/aromatic N) is 1. The largest absolute Gasteiger partial charge is 0.456 e. The minimum Gasteiger partial charge on any atom is -0.456 e. The first-order valence-electron chi connectivity index (χ1n) is 10.8. The van der Waals surface area contributed by atoms with Gasteiger partial charge in [0.1, 0.15) is 6.04 Å². The number of thioether (sulfide) groups is 1. The number of esters is 1. The van der Waals surface area contributed by atoms with E-state index in [-0.39, 0.29) is 12.5 Å². The van der Waals surface area contributed by atoms with Gasteiger partial charge in [-0.05, 0) is 29.8 Å². The molecule has 0 aliphatic carbocycles. The van der Waals surface area contributed by atoms with Crippen LogP contribution in [0.25, 0.3) is 11.5 Å². The van der Waals surface area contributed by atoms with E-state index in [0.717, 1.165) is 11.1 Å². The van der Waals surface area contributed by atoms with Crippen LogP contribution in [-0.2, 0) is 21.9 Å². The van der Waals surface area contributed by atoms with E-state index in [4.69, 9.17) is 9.15 Å². The predicted molar refractivity (Wildman–Crippen MR) is 132 cm³/mol. The van der Waals surface area contributed by atoms with Crippen molar-refractivity contribution in [2.45, 2.75) is 18.4 Å². The van der Waals surface area contributed by atoms with Crippen LogP contribution < -0.4 is 5.32 Å². The number of carbonyl (C=O) groups is 2. The Labute approximate surface area is 202 Å². The number of carbonyl (C=O) groups excluding carboxylic acids is 2. The highest BCUT2D eigenvalue weighted by molar-refractivity contribution is 7.98. The van der Waals surface area contributed by atoms with E-state index in [1.165, 1.54) is 6.20 Å². The minimum absolute atomic E-state index is 0.0697. The van der Waals surface area contributed by atoms with Gasteiger partial charge < -0.3 is 14.5 Å². The van der Waals surface area contributed by atoms with E-state index >= 15 is 0 Å². The first-order valence-corrected chi connectivity index (χ1v) is 12.0. The molecule has 1 aromatic heterocycles. The minimum atomic E-state index is -0.807. The molecule has 0 bridgehead atoms. The molecular weight excluding hydrogens is 448 g/mol. The number of hydrogen-bond donors (Lipinski definition) is 1. The Morgan fingerprint density at radius 1 is 0.912 bits per heavy atom. The third-order valence-electron chi connectivity index (χ3n) is 4.95. The maximum atomic E-state index is 12.9. The molecule has 172 valence electrons. The summed E-state index contributed by atoms with van der Waals surface area (Å²) in [7, 11) is 0. The van der Waals surface area contributed by atoms with Crippen molar-refractivity contribution in [3.63, 3.8) is 0 Å². The Morgan fingerprint density at radius 2 is 1.56 bits per heavy atom. The van der Waals surface area contributed by atoms with Crippen LogP contribution in [-0.4, -0.2) is 28.7 Å². The molecule has 1 unspecified atom stereocenters. The Hall–Kier alpha value is -3.84. The standard InChI is InChI=1S/C27H24N2O4S/c30-25(21-12-6-2-7-13-21)29-24(19-34-18-20-10-4-1-5-11-20)27(31)32-17-23-16-28-26(33-23)22-14-8-3-9-15-22/h1-16,24H,17-19H2,(H,29,30). The van der Waals surface area contributed by atoms with Crippen LogP contribution >= 0.6 is 11.8 Å². The van der Waals surface area contributed by atoms with Gasteiger partial charge in [0, 0.05) is 22.6 Å². The number of hydrogen-bond acceptors (Lipinski definition) is 6. The molecule has 1 atom stereocenters. The molecule has 0 fully saturated rings. The predicted octanol–water partition coefficient (Wildman–Crippen LogP) is 5.12. The lowest BCUT2D eigenvalue weighted by molar-refractivity contribution is -0.147. The molecular formula is C27H24N2O4S. The number of ether oxygens (including phenoxy) is 1. The second-order valence-corrected chi connectivity index (χ2v) is 8.53. The van der Waals surface area contributed by atoms with Crippen molar-refractivity contribution >= 4 is 23.6 Å². The quantitative estimate of drug-likeness (QED) is 0.323. The summed E-state index contributed by atoms with van der Waals surface area (Å²) in [4.78, 5) is 29.8. The van der Waals surface area contributed by atoms with Crippen molar-refractivity contribution in [2.24, 2.45) is 0 Å². The van der Waals surface area contributed by atoms with E-state index in [2.05, 4.69) is 10.3 Å². The first-order chi connectivity index (χ1) is 16.7. The van der Waals surface area contributed by atoms with Gasteiger partial charge in [-0.1, -0.05) is 66.7 Å². The van der Waals surface area contributed by atoms with Crippen LogP contribution in [0.2, 0.25) is 0 Å². The lowest BCUT2D eigenvalue weighted by Crippen LogP contribution is -2.43. The van der Waals surface area contributed by atoms with Gasteiger partial charge in [0.25, 0.3) is 5.91 Å². The van der Waals surface area contributed by atoms with Gasteiger partial charge >= 0.3 is 5.97 Å². The van der Waals surface area contributed by atoms with Gasteiger partial charge in [-0.3, -0.25) is 4.79 Å². The molecule has 0 radical (unpaired) electrons. The highest BCUT2D eigenvalue weighted by atomic mass is 32.2. The zero-order valence-electron chi connectivity index (χ0n) is 18.4. The van der Waals surface area contributed by atoms with Gasteiger partial charge in [-0.25, -0.2) is 9.78 Å². The maximum absolute atomic E-state index is 12.9. The summed E-state index contributed by atoms with van der Waals surface area (Å²) < 4.78 is 11.2. The third kappa shape index (κ3) is 6.59. The molecule has 4 aromatic rings. The molecule has 0 aliphatic heterocycles. The summed E-state index contributed by atoms with van der Waals surface area (Å²) in [6.45, 7) is -0.0697. The van der Waals surface area contributed by atoms with Crippen molar-refractivity contribution in [3.8, 4) is 11.5 Å². The molecule has 0 saturated heterocycles. The third-order valence-corrected chi connectivity index (χ3v) is 6.06. The molecule has 0 saturated carbocycles. The molecule has 7 heteroatoms. The fraction of sp³-hybridized carbons (Fsp3) is 0.148. The fourth-order valence-corrected chi connectivity index (χ4v) is 4.20. The van der Waals surface area contributed by atoms with Crippen molar-refractivity contribution < 1.29 is 18.7 Å². The normalized spacial score (nSPS) is 11.5. The molecule has 34 heavy (non-hydrogen) atoms. The zero-order chi connectivity index (χ0) is 23.6. The highest BCUT2D eigenvalue weighted by Gasteiger charge is 2.23. The summed E-state index contributed by atoms with van der Waals surface area (Å²) in [6.07, 6.45) is 1.54. The van der Waals surface area contributed by atoms with E-state index < -0.39 is 12.0 Å². The van der Waals surface area contributed by atoms with Crippen LogP contribution in [0.3, 0.4) is 0 Å². The van der Waals surface area contributed by atoms with Crippen LogP contribution in [0.15, 0.2) is 102 Å². The number of benzene rings is 3. The van der Waals surface area contributed by atoms with Gasteiger partial charge in [0.15, 0.2) is 12.4 Å². The molecule has 1 heterocycles. The van der Waals surface area contributed by atoms with E-state index in [0.29, 0.717) is 28.7 Å². The average Bonchev–Trinajstić information content (AvgIpc) is 3.37. The summed E-state index contributed by atoms with van der Waals surface area (Å²) in [5, 5.41) is 2.81. The van der Waals surface area contributed by atoms with Gasteiger partial charge in [0.2, 0.25) is 5.89 Å². The summed E-state index contributed by atoms with van der Waals surface area (Å²) >= 11 is 1.55. The van der Waals surface area contributed by atoms with Crippen LogP contribution in [0, 0.1) is 0 Å². The number of nitrogens with one attached hydrogen (secondary N) is 1. The Bertz CT molecular complexity index is 1200. The molecule has 3 aromatic carbocycles. The van der Waals surface area contributed by atoms with Crippen LogP contribution in [0.4, 0.5) is 0 Å². The highest BCUT2D eigenvalue weighted by Crippen LogP contribution is 2.19. The van der Waals surface area contributed by atoms with Crippen molar-refractivity contribution in [1.82, 2.24) is 10.3 Å². The molecule has 1 N–H and O–H groups in total. The van der Waals surface area contributed by atoms with Crippen molar-refractivity contribution in [2.75, 3.05) is 5.75 Å². The van der Waals surface area contributed by atoms with E-state index in [1.54, 1.807) is 36.0 Å². The first kappa shape index (κ1) is 23.3. The number of amides is 1. The topological polar surface area (TPSA) is 81.4 Å².